The van der Waals surface area contributed by atoms with Crippen LogP contribution in [0.2, 0.25) is 0 Å². The standard InChI is InChI=1S/C17H22N2O3/c1-17(2,3)22-16(21)19-10-8-14(9-11-19)13-4-6-15(7-5-13)18-12-20/h4-7,14H,8-11H2,1-3H3. The number of carbonyl (C=O) groups excluding carboxylic acids is 2. The Hall–Kier alpha value is -2.13. The Morgan fingerprint density at radius 2 is 1.82 bits per heavy atom. The Bertz CT molecular complexity index is 561. The van der Waals surface area contributed by atoms with Crippen LogP contribution in [0.5, 0.6) is 0 Å². The van der Waals surface area contributed by atoms with Gasteiger partial charge in [-0.05, 0) is 57.2 Å². The SMILES string of the molecule is CC(C)(C)OC(=O)N1CCC(c2ccc(N=C=O)cc2)CC1. The van der Waals surface area contributed by atoms with Gasteiger partial charge in [0.15, 0.2) is 0 Å². The van der Waals surface area contributed by atoms with Crippen molar-refractivity contribution in [3.63, 3.8) is 0 Å². The van der Waals surface area contributed by atoms with Crippen molar-refractivity contribution < 1.29 is 14.3 Å². The Morgan fingerprint density at radius 3 is 2.32 bits per heavy atom. The van der Waals surface area contributed by atoms with Crippen LogP contribution in [0.4, 0.5) is 10.5 Å². The fourth-order valence-electron chi connectivity index (χ4n) is 2.60. The molecule has 0 spiro atoms. The molecule has 1 saturated heterocycles. The molecular formula is C17H22N2O3. The van der Waals surface area contributed by atoms with Crippen molar-refractivity contribution in [1.29, 1.82) is 0 Å². The van der Waals surface area contributed by atoms with E-state index in [-0.39, 0.29) is 6.09 Å². The zero-order chi connectivity index (χ0) is 16.2. The van der Waals surface area contributed by atoms with Crippen LogP contribution in [0.1, 0.15) is 45.1 Å². The van der Waals surface area contributed by atoms with Gasteiger partial charge < -0.3 is 9.64 Å². The Labute approximate surface area is 131 Å². The molecule has 0 atom stereocenters. The third-order valence-corrected chi connectivity index (χ3v) is 3.69. The van der Waals surface area contributed by atoms with Crippen LogP contribution in [0.3, 0.4) is 0 Å². The van der Waals surface area contributed by atoms with E-state index in [1.165, 1.54) is 11.6 Å². The largest absolute Gasteiger partial charge is 0.444 e. The van der Waals surface area contributed by atoms with E-state index in [1.54, 1.807) is 4.90 Å². The van der Waals surface area contributed by atoms with Crippen molar-refractivity contribution in [2.45, 2.75) is 45.1 Å². The number of ether oxygens (including phenoxy) is 1. The molecule has 0 N–H and O–H groups in total. The van der Waals surface area contributed by atoms with Crippen LogP contribution in [-0.2, 0) is 9.53 Å². The van der Waals surface area contributed by atoms with Gasteiger partial charge in [0.1, 0.15) is 5.60 Å². The number of piperidine rings is 1. The summed E-state index contributed by atoms with van der Waals surface area (Å²) in [5.74, 6) is 0.424. The highest BCUT2D eigenvalue weighted by atomic mass is 16.6. The quantitative estimate of drug-likeness (QED) is 0.617. The van der Waals surface area contributed by atoms with Gasteiger partial charge in [0.2, 0.25) is 6.08 Å². The maximum atomic E-state index is 12.0. The van der Waals surface area contributed by atoms with Gasteiger partial charge in [-0.25, -0.2) is 9.59 Å². The number of rotatable bonds is 2. The number of benzene rings is 1. The van der Waals surface area contributed by atoms with E-state index in [2.05, 4.69) is 4.99 Å². The molecule has 1 aromatic rings. The van der Waals surface area contributed by atoms with Gasteiger partial charge in [-0.15, -0.1) is 0 Å². The van der Waals surface area contributed by atoms with Crippen LogP contribution < -0.4 is 0 Å². The molecule has 1 heterocycles. The molecule has 1 aliphatic heterocycles. The van der Waals surface area contributed by atoms with E-state index in [9.17, 15) is 9.59 Å². The third-order valence-electron chi connectivity index (χ3n) is 3.69. The average Bonchev–Trinajstić information content (AvgIpc) is 2.47. The second kappa shape index (κ2) is 6.75. The molecule has 0 unspecified atom stereocenters. The van der Waals surface area contributed by atoms with Gasteiger partial charge in [0.05, 0.1) is 5.69 Å². The second-order valence-electron chi connectivity index (χ2n) is 6.54. The van der Waals surface area contributed by atoms with Gasteiger partial charge in [0.25, 0.3) is 0 Å². The van der Waals surface area contributed by atoms with Gasteiger partial charge in [0, 0.05) is 13.1 Å². The summed E-state index contributed by atoms with van der Waals surface area (Å²) in [6, 6.07) is 7.62. The molecule has 0 aliphatic carbocycles. The first-order valence-corrected chi connectivity index (χ1v) is 7.55. The first-order valence-electron chi connectivity index (χ1n) is 7.55. The second-order valence-corrected chi connectivity index (χ2v) is 6.54. The lowest BCUT2D eigenvalue weighted by atomic mass is 9.89. The van der Waals surface area contributed by atoms with Crippen molar-refractivity contribution in [2.75, 3.05) is 13.1 Å². The smallest absolute Gasteiger partial charge is 0.410 e. The zero-order valence-corrected chi connectivity index (χ0v) is 13.3. The summed E-state index contributed by atoms with van der Waals surface area (Å²) in [6.45, 7) is 7.03. The van der Waals surface area contributed by atoms with Crippen molar-refractivity contribution in [2.24, 2.45) is 4.99 Å². The van der Waals surface area contributed by atoms with Crippen molar-refractivity contribution in [1.82, 2.24) is 4.90 Å². The summed E-state index contributed by atoms with van der Waals surface area (Å²) in [5, 5.41) is 0. The summed E-state index contributed by atoms with van der Waals surface area (Å²) < 4.78 is 5.40. The topological polar surface area (TPSA) is 59.0 Å². The van der Waals surface area contributed by atoms with Crippen LogP contribution in [-0.4, -0.2) is 35.8 Å². The summed E-state index contributed by atoms with van der Waals surface area (Å²) >= 11 is 0. The molecule has 1 aliphatic rings. The van der Waals surface area contributed by atoms with Crippen molar-refractivity contribution in [3.8, 4) is 0 Å². The molecule has 2 rings (SSSR count). The Morgan fingerprint density at radius 1 is 1.23 bits per heavy atom. The number of nitrogens with zero attached hydrogens (tertiary/aromatic N) is 2. The van der Waals surface area contributed by atoms with Crippen LogP contribution in [0, 0.1) is 0 Å². The number of hydrogen-bond donors (Lipinski definition) is 0. The molecule has 0 bridgehead atoms. The van der Waals surface area contributed by atoms with E-state index in [0.717, 1.165) is 12.8 Å². The lowest BCUT2D eigenvalue weighted by Gasteiger charge is -2.33. The van der Waals surface area contributed by atoms with Crippen LogP contribution >= 0.6 is 0 Å². The molecule has 0 saturated carbocycles. The fourth-order valence-corrected chi connectivity index (χ4v) is 2.60. The molecule has 118 valence electrons. The minimum atomic E-state index is -0.455. The average molecular weight is 302 g/mol. The molecular weight excluding hydrogens is 280 g/mol. The number of amides is 1. The lowest BCUT2D eigenvalue weighted by Crippen LogP contribution is -2.41. The first-order chi connectivity index (χ1) is 10.4. The van der Waals surface area contributed by atoms with E-state index < -0.39 is 5.60 Å². The maximum absolute atomic E-state index is 12.0. The molecule has 0 aromatic heterocycles. The van der Waals surface area contributed by atoms with Crippen LogP contribution in [0.15, 0.2) is 29.3 Å². The molecule has 1 fully saturated rings. The Balaban J connectivity index is 1.91. The molecule has 0 radical (unpaired) electrons. The van der Waals surface area contributed by atoms with E-state index >= 15 is 0 Å². The van der Waals surface area contributed by atoms with Gasteiger partial charge >= 0.3 is 6.09 Å². The van der Waals surface area contributed by atoms with E-state index in [4.69, 9.17) is 4.74 Å². The minimum Gasteiger partial charge on any atom is -0.444 e. The monoisotopic (exact) mass is 302 g/mol. The van der Waals surface area contributed by atoms with Gasteiger partial charge in [-0.3, -0.25) is 0 Å². The molecule has 1 amide bonds. The lowest BCUT2D eigenvalue weighted by molar-refractivity contribution is 0.0205. The summed E-state index contributed by atoms with van der Waals surface area (Å²) in [7, 11) is 0. The zero-order valence-electron chi connectivity index (χ0n) is 13.3. The Kier molecular flexibility index (Phi) is 4.99. The summed E-state index contributed by atoms with van der Waals surface area (Å²) in [6.07, 6.45) is 3.13. The van der Waals surface area contributed by atoms with Crippen LogP contribution in [0.25, 0.3) is 0 Å². The van der Waals surface area contributed by atoms with Crippen molar-refractivity contribution in [3.05, 3.63) is 29.8 Å². The van der Waals surface area contributed by atoms with E-state index in [0.29, 0.717) is 24.7 Å². The van der Waals surface area contributed by atoms with Gasteiger partial charge in [-0.1, -0.05) is 12.1 Å². The minimum absolute atomic E-state index is 0.235. The highest BCUT2D eigenvalue weighted by Crippen LogP contribution is 2.29. The highest BCUT2D eigenvalue weighted by molar-refractivity contribution is 5.68. The van der Waals surface area contributed by atoms with Crippen molar-refractivity contribution >= 4 is 17.9 Å². The molecule has 5 heteroatoms. The van der Waals surface area contributed by atoms with E-state index in [1.807, 2.05) is 45.0 Å². The number of likely N-dealkylation sites (tertiary alicyclic amines) is 1. The predicted molar refractivity (Wildman–Crippen MR) is 84.0 cm³/mol. The molecule has 5 nitrogen and oxygen atoms in total. The molecule has 1 aromatic carbocycles. The summed E-state index contributed by atoms with van der Waals surface area (Å²) in [5.41, 5.74) is 1.38. The predicted octanol–water partition coefficient (Wildman–Crippen LogP) is 3.77. The summed E-state index contributed by atoms with van der Waals surface area (Å²) in [4.78, 5) is 27.6. The number of isocyanates is 1. The normalized spacial score (nSPS) is 16.0. The fraction of sp³-hybridized carbons (Fsp3) is 0.529. The van der Waals surface area contributed by atoms with Gasteiger partial charge in [-0.2, -0.15) is 4.99 Å². The highest BCUT2D eigenvalue weighted by Gasteiger charge is 2.27. The third kappa shape index (κ3) is 4.43. The first kappa shape index (κ1) is 16.2. The number of hydrogen-bond acceptors (Lipinski definition) is 4. The number of aliphatic imine (C=N–C) groups is 1. The molecule has 22 heavy (non-hydrogen) atoms. The number of carbonyl (C=O) groups is 1. The maximum Gasteiger partial charge on any atom is 0.410 e.